The standard InChI is InChI=1S/C40H53N3O7/c1-28(2)23-30(42-38(46)48-27-36-34-20-11-9-18-32(34)33-19-10-12-21-35(33)36)24-43(39(47)49-26-29-15-7-6-8-16-29)31(25-44)17-13-14-22-41-37(45)50-40(3,4)5/h6-12,15-16,18-21,28,30-31,36,44H,13-14,17,22-27H2,1-5H3,(H,41,45)(H,42,46)/t30-,31+/m1/s1. The molecule has 0 bridgehead atoms. The number of unbranched alkanes of at least 4 members (excludes halogenated alkanes) is 1. The van der Waals surface area contributed by atoms with Crippen molar-refractivity contribution in [3.05, 3.63) is 95.6 Å². The zero-order valence-corrected chi connectivity index (χ0v) is 30.0. The van der Waals surface area contributed by atoms with Crippen molar-refractivity contribution >= 4 is 18.3 Å². The van der Waals surface area contributed by atoms with Gasteiger partial charge < -0.3 is 34.9 Å². The van der Waals surface area contributed by atoms with Crippen molar-refractivity contribution in [2.45, 2.75) is 90.5 Å². The molecule has 0 unspecified atom stereocenters. The Bertz CT molecular complexity index is 1490. The predicted molar refractivity (Wildman–Crippen MR) is 194 cm³/mol. The average molecular weight is 688 g/mol. The molecule has 3 aromatic carbocycles. The number of ether oxygens (including phenoxy) is 3. The summed E-state index contributed by atoms with van der Waals surface area (Å²) in [5.41, 5.74) is 4.79. The van der Waals surface area contributed by atoms with Crippen molar-refractivity contribution in [3.8, 4) is 11.1 Å². The Morgan fingerprint density at radius 2 is 1.46 bits per heavy atom. The van der Waals surface area contributed by atoms with Gasteiger partial charge in [0.1, 0.15) is 18.8 Å². The molecule has 0 radical (unpaired) electrons. The Kier molecular flexibility index (Phi) is 14.1. The number of nitrogens with zero attached hydrogens (tertiary/aromatic N) is 1. The molecule has 3 N–H and O–H groups in total. The Hall–Kier alpha value is -4.57. The van der Waals surface area contributed by atoms with Gasteiger partial charge in [-0.15, -0.1) is 0 Å². The number of hydrogen-bond donors (Lipinski definition) is 3. The lowest BCUT2D eigenvalue weighted by Gasteiger charge is -2.34. The Labute approximate surface area is 296 Å². The van der Waals surface area contributed by atoms with Crippen LogP contribution in [-0.4, -0.2) is 72.3 Å². The highest BCUT2D eigenvalue weighted by Crippen LogP contribution is 2.44. The van der Waals surface area contributed by atoms with E-state index in [4.69, 9.17) is 14.2 Å². The summed E-state index contributed by atoms with van der Waals surface area (Å²) in [7, 11) is 0. The third-order valence-corrected chi connectivity index (χ3v) is 8.56. The number of alkyl carbamates (subject to hydrolysis) is 2. The molecule has 2 atom stereocenters. The molecule has 0 saturated carbocycles. The summed E-state index contributed by atoms with van der Waals surface area (Å²) >= 11 is 0. The number of benzene rings is 3. The van der Waals surface area contributed by atoms with Gasteiger partial charge in [0.2, 0.25) is 0 Å². The van der Waals surface area contributed by atoms with Crippen LogP contribution in [-0.2, 0) is 20.8 Å². The molecule has 0 spiro atoms. The van der Waals surface area contributed by atoms with Crippen LogP contribution in [0.25, 0.3) is 11.1 Å². The minimum atomic E-state index is -0.590. The van der Waals surface area contributed by atoms with Crippen LogP contribution in [0.5, 0.6) is 0 Å². The Morgan fingerprint density at radius 3 is 2.06 bits per heavy atom. The molecule has 0 aromatic heterocycles. The van der Waals surface area contributed by atoms with Gasteiger partial charge in [-0.1, -0.05) is 92.7 Å². The van der Waals surface area contributed by atoms with E-state index in [-0.39, 0.29) is 38.2 Å². The fourth-order valence-electron chi connectivity index (χ4n) is 6.32. The van der Waals surface area contributed by atoms with Gasteiger partial charge in [0.05, 0.1) is 18.7 Å². The van der Waals surface area contributed by atoms with E-state index in [1.54, 1.807) is 20.8 Å². The minimum absolute atomic E-state index is 0.0722. The number of carbonyl (C=O) groups is 3. The number of amides is 3. The molecular weight excluding hydrogens is 634 g/mol. The van der Waals surface area contributed by atoms with Gasteiger partial charge >= 0.3 is 18.3 Å². The van der Waals surface area contributed by atoms with Crippen LogP contribution < -0.4 is 10.6 Å². The van der Waals surface area contributed by atoms with E-state index in [1.165, 1.54) is 4.90 Å². The summed E-state index contributed by atoms with van der Waals surface area (Å²) in [6.07, 6.45) is 0.649. The number of aliphatic hydroxyl groups excluding tert-OH is 1. The van der Waals surface area contributed by atoms with E-state index in [1.807, 2.05) is 68.4 Å². The van der Waals surface area contributed by atoms with Gasteiger partial charge in [0.15, 0.2) is 0 Å². The lowest BCUT2D eigenvalue weighted by atomic mass is 9.98. The molecule has 50 heavy (non-hydrogen) atoms. The van der Waals surface area contributed by atoms with Gasteiger partial charge in [-0.2, -0.15) is 0 Å². The summed E-state index contributed by atoms with van der Waals surface area (Å²) in [5.74, 6) is 0.118. The van der Waals surface area contributed by atoms with Crippen molar-refractivity contribution in [2.75, 3.05) is 26.3 Å². The van der Waals surface area contributed by atoms with Crippen LogP contribution >= 0.6 is 0 Å². The molecule has 0 saturated heterocycles. The number of fused-ring (bicyclic) bond motifs is 3. The number of carbonyl (C=O) groups excluding carboxylic acids is 3. The van der Waals surface area contributed by atoms with Gasteiger partial charge in [-0.05, 0) is 80.2 Å². The largest absolute Gasteiger partial charge is 0.449 e. The lowest BCUT2D eigenvalue weighted by molar-refractivity contribution is 0.0519. The maximum atomic E-state index is 13.6. The highest BCUT2D eigenvalue weighted by atomic mass is 16.6. The van der Waals surface area contributed by atoms with Gasteiger partial charge in [0.25, 0.3) is 0 Å². The summed E-state index contributed by atoms with van der Waals surface area (Å²) in [5, 5.41) is 16.3. The smallest absolute Gasteiger partial charge is 0.410 e. The topological polar surface area (TPSA) is 126 Å². The van der Waals surface area contributed by atoms with E-state index in [0.717, 1.165) is 27.8 Å². The molecule has 3 amide bonds. The second-order valence-electron chi connectivity index (χ2n) is 14.2. The first-order valence-corrected chi connectivity index (χ1v) is 17.6. The summed E-state index contributed by atoms with van der Waals surface area (Å²) in [6, 6.07) is 24.7. The van der Waals surface area contributed by atoms with Crippen molar-refractivity contribution < 1.29 is 33.7 Å². The quantitative estimate of drug-likeness (QED) is 0.104. The fourth-order valence-corrected chi connectivity index (χ4v) is 6.32. The summed E-state index contributed by atoms with van der Waals surface area (Å²) < 4.78 is 16.9. The molecule has 0 fully saturated rings. The van der Waals surface area contributed by atoms with Crippen molar-refractivity contribution in [1.82, 2.24) is 15.5 Å². The monoisotopic (exact) mass is 687 g/mol. The van der Waals surface area contributed by atoms with E-state index >= 15 is 0 Å². The van der Waals surface area contributed by atoms with Crippen LogP contribution in [0.2, 0.25) is 0 Å². The van der Waals surface area contributed by atoms with Crippen LogP contribution in [0.15, 0.2) is 78.9 Å². The number of nitrogens with one attached hydrogen (secondary N) is 2. The molecule has 0 heterocycles. The Balaban J connectivity index is 1.41. The molecular formula is C40H53N3O7. The zero-order chi connectivity index (χ0) is 36.1. The fraction of sp³-hybridized carbons (Fsp3) is 0.475. The molecule has 10 heteroatoms. The molecule has 0 aliphatic heterocycles. The molecule has 1 aliphatic carbocycles. The Morgan fingerprint density at radius 1 is 0.840 bits per heavy atom. The first-order chi connectivity index (χ1) is 23.9. The van der Waals surface area contributed by atoms with E-state index in [0.29, 0.717) is 32.2 Å². The van der Waals surface area contributed by atoms with Crippen molar-refractivity contribution in [1.29, 1.82) is 0 Å². The first kappa shape index (κ1) is 38.2. The SMILES string of the molecule is CC(C)C[C@H](CN(C(=O)OCc1ccccc1)[C@H](CO)CCCCNC(=O)OC(C)(C)C)NC(=O)OCC1c2ccccc2-c2ccccc21. The van der Waals surface area contributed by atoms with E-state index in [9.17, 15) is 19.5 Å². The van der Waals surface area contributed by atoms with Gasteiger partial charge in [-0.25, -0.2) is 14.4 Å². The maximum absolute atomic E-state index is 13.6. The van der Waals surface area contributed by atoms with E-state index in [2.05, 4.69) is 34.9 Å². The average Bonchev–Trinajstić information content (AvgIpc) is 3.40. The van der Waals surface area contributed by atoms with Gasteiger partial charge in [-0.3, -0.25) is 0 Å². The molecule has 10 nitrogen and oxygen atoms in total. The van der Waals surface area contributed by atoms with Crippen LogP contribution in [0, 0.1) is 5.92 Å². The zero-order valence-electron chi connectivity index (χ0n) is 30.0. The summed E-state index contributed by atoms with van der Waals surface area (Å²) in [6.45, 7) is 9.98. The second-order valence-corrected chi connectivity index (χ2v) is 14.2. The summed E-state index contributed by atoms with van der Waals surface area (Å²) in [4.78, 5) is 40.5. The van der Waals surface area contributed by atoms with Crippen LogP contribution in [0.4, 0.5) is 14.4 Å². The third-order valence-electron chi connectivity index (χ3n) is 8.56. The van der Waals surface area contributed by atoms with Crippen LogP contribution in [0.3, 0.4) is 0 Å². The van der Waals surface area contributed by atoms with E-state index < -0.39 is 36.0 Å². The number of aliphatic hydroxyl groups is 1. The highest BCUT2D eigenvalue weighted by Gasteiger charge is 2.31. The molecule has 3 aromatic rings. The number of hydrogen-bond acceptors (Lipinski definition) is 7. The maximum Gasteiger partial charge on any atom is 0.410 e. The van der Waals surface area contributed by atoms with Crippen molar-refractivity contribution in [3.63, 3.8) is 0 Å². The second kappa shape index (κ2) is 18.4. The highest BCUT2D eigenvalue weighted by molar-refractivity contribution is 5.79. The molecule has 1 aliphatic rings. The predicted octanol–water partition coefficient (Wildman–Crippen LogP) is 7.63. The number of rotatable bonds is 16. The minimum Gasteiger partial charge on any atom is -0.449 e. The normalized spacial score (nSPS) is 13.5. The van der Waals surface area contributed by atoms with Crippen LogP contribution in [0.1, 0.15) is 82.9 Å². The van der Waals surface area contributed by atoms with Gasteiger partial charge in [0, 0.05) is 19.0 Å². The first-order valence-electron chi connectivity index (χ1n) is 17.6. The molecule has 4 rings (SSSR count). The third kappa shape index (κ3) is 11.5. The molecule has 270 valence electrons. The van der Waals surface area contributed by atoms with Crippen molar-refractivity contribution in [2.24, 2.45) is 5.92 Å². The lowest BCUT2D eigenvalue weighted by Crippen LogP contribution is -2.51.